The van der Waals surface area contributed by atoms with Crippen molar-refractivity contribution in [3.05, 3.63) is 0 Å². The zero-order valence-electron chi connectivity index (χ0n) is 4.79. The molecule has 48 valence electrons. The van der Waals surface area contributed by atoms with Crippen molar-refractivity contribution >= 4 is 33.3 Å². The van der Waals surface area contributed by atoms with E-state index in [1.165, 1.54) is 6.92 Å². The molecule has 2 radical (unpaired) electrons. The van der Waals surface area contributed by atoms with Crippen LogP contribution in [0.1, 0.15) is 13.3 Å². The van der Waals surface area contributed by atoms with Crippen LogP contribution < -0.4 is 0 Å². The van der Waals surface area contributed by atoms with Crippen LogP contribution in [0, 0.1) is 0 Å². The van der Waals surface area contributed by atoms with E-state index in [0.717, 1.165) is 0 Å². The van der Waals surface area contributed by atoms with Gasteiger partial charge in [0.2, 0.25) is 0 Å². The molecule has 0 aliphatic heterocycles. The summed E-state index contributed by atoms with van der Waals surface area (Å²) in [5, 5.41) is 16.3. The summed E-state index contributed by atoms with van der Waals surface area (Å²) in [5.41, 5.74) is 0. The molecule has 0 aliphatic carbocycles. The fourth-order valence-electron chi connectivity index (χ4n) is 0.253. The molecule has 8 heavy (non-hydrogen) atoms. The van der Waals surface area contributed by atoms with E-state index in [0.29, 0.717) is 0 Å². The van der Waals surface area contributed by atoms with Crippen molar-refractivity contribution in [2.45, 2.75) is 19.4 Å². The van der Waals surface area contributed by atoms with Crippen LogP contribution in [0.15, 0.2) is 0 Å². The molecule has 0 fully saturated rings. The van der Waals surface area contributed by atoms with E-state index >= 15 is 0 Å². The van der Waals surface area contributed by atoms with E-state index in [2.05, 4.69) is 0 Å². The van der Waals surface area contributed by atoms with Crippen LogP contribution in [0.3, 0.4) is 0 Å². The van der Waals surface area contributed by atoms with Crippen molar-refractivity contribution in [2.24, 2.45) is 0 Å². The number of hydrogen-bond donors (Lipinski definition) is 2. The molecular weight excluding hydrogens is 303 g/mol. The molecule has 0 aromatic carbocycles. The molecule has 3 nitrogen and oxygen atoms in total. The molecule has 0 spiro atoms. The van der Waals surface area contributed by atoms with E-state index in [1.54, 1.807) is 0 Å². The molecule has 0 aliphatic rings. The number of aliphatic hydroxyl groups is 1. The maximum atomic E-state index is 9.65. The molecule has 1 unspecified atom stereocenters. The van der Waals surface area contributed by atoms with Crippen LogP contribution in [0.5, 0.6) is 0 Å². The molecule has 0 aromatic heterocycles. The number of carboxylic acid groups (broad SMARTS) is 1. The maximum absolute atomic E-state index is 9.65. The second kappa shape index (κ2) is 5.49. The molecule has 0 rings (SSSR count). The third-order valence-corrected chi connectivity index (χ3v) is 0.470. The van der Waals surface area contributed by atoms with Crippen LogP contribution in [0.4, 0.5) is 0 Å². The summed E-state index contributed by atoms with van der Waals surface area (Å²) >= 11 is 0. The summed E-state index contributed by atoms with van der Waals surface area (Å²) in [4.78, 5) is 9.65. The van der Waals surface area contributed by atoms with E-state index in [4.69, 9.17) is 10.2 Å². The second-order valence-corrected chi connectivity index (χ2v) is 1.45. The van der Waals surface area contributed by atoms with Crippen LogP contribution in [-0.4, -0.2) is 49.6 Å². The summed E-state index contributed by atoms with van der Waals surface area (Å²) in [5.74, 6) is -0.963. The first-order chi connectivity index (χ1) is 3.13. The van der Waals surface area contributed by atoms with E-state index in [-0.39, 0.29) is 33.7 Å². The van der Waals surface area contributed by atoms with Gasteiger partial charge in [-0.1, -0.05) is 0 Å². The average molecular weight is 313 g/mol. The van der Waals surface area contributed by atoms with E-state index < -0.39 is 12.1 Å². The van der Waals surface area contributed by atoms with Crippen LogP contribution in [0.25, 0.3) is 0 Å². The molecule has 0 aromatic rings. The number of aliphatic carboxylic acids is 1. The minimum absolute atomic E-state index is 0. The minimum atomic E-state index is -0.963. The quantitative estimate of drug-likeness (QED) is 0.638. The molecule has 0 saturated heterocycles. The first-order valence-corrected chi connectivity index (χ1v) is 2.03. The Kier molecular flexibility index (Phi) is 7.68. The van der Waals surface area contributed by atoms with Gasteiger partial charge in [0.15, 0.2) is 0 Å². The summed E-state index contributed by atoms with van der Waals surface area (Å²) < 4.78 is 0. The molecule has 0 saturated carbocycles. The van der Waals surface area contributed by atoms with Gasteiger partial charge in [0.1, 0.15) is 0 Å². The second-order valence-electron chi connectivity index (χ2n) is 1.45. The summed E-state index contributed by atoms with van der Waals surface area (Å²) in [7, 11) is 0. The first kappa shape index (κ1) is 11.2. The average Bonchev–Trinajstić information content (AvgIpc) is 1.27. The van der Waals surface area contributed by atoms with Gasteiger partial charge in [-0.15, -0.1) is 0 Å². The fraction of sp³-hybridized carbons (Fsp3) is 0.750. The summed E-state index contributed by atoms with van der Waals surface area (Å²) in [6.07, 6.45) is -0.891. The van der Waals surface area contributed by atoms with Crippen LogP contribution in [0.2, 0.25) is 0 Å². The Bertz CT molecular complexity index is 71.7. The van der Waals surface area contributed by atoms with Crippen LogP contribution >= 0.6 is 0 Å². The molecular formula is C4H10O3Pb. The molecule has 0 bridgehead atoms. The Hall–Kier alpha value is 0.352. The van der Waals surface area contributed by atoms with Crippen molar-refractivity contribution in [3.63, 3.8) is 0 Å². The Morgan fingerprint density at radius 1 is 1.75 bits per heavy atom. The molecule has 1 atom stereocenters. The number of carboxylic acids is 1. The summed E-state index contributed by atoms with van der Waals surface area (Å²) in [6, 6.07) is 0. The van der Waals surface area contributed by atoms with Crippen molar-refractivity contribution < 1.29 is 15.0 Å². The zero-order valence-corrected chi connectivity index (χ0v) is 10.3. The molecule has 0 amide bonds. The van der Waals surface area contributed by atoms with Gasteiger partial charge in [-0.05, 0) is 6.92 Å². The Morgan fingerprint density at radius 2 is 2.12 bits per heavy atom. The van der Waals surface area contributed by atoms with Crippen molar-refractivity contribution in [3.8, 4) is 0 Å². The number of rotatable bonds is 2. The van der Waals surface area contributed by atoms with E-state index in [1.807, 2.05) is 0 Å². The molecule has 4 heteroatoms. The molecule has 0 heterocycles. The van der Waals surface area contributed by atoms with Crippen molar-refractivity contribution in [1.29, 1.82) is 0 Å². The standard InChI is InChI=1S/C4H8O3.Pb.2H/c1-3(5)2-4(6)7;;;/h3,5H,2H2,1H3,(H,6,7);;;. The van der Waals surface area contributed by atoms with Gasteiger partial charge in [0, 0.05) is 0 Å². The van der Waals surface area contributed by atoms with Gasteiger partial charge in [0.25, 0.3) is 0 Å². The van der Waals surface area contributed by atoms with Gasteiger partial charge in [0.05, 0.1) is 12.5 Å². The molecule has 2 N–H and O–H groups in total. The normalized spacial score (nSPS) is 11.8. The number of hydrogen-bond acceptors (Lipinski definition) is 2. The van der Waals surface area contributed by atoms with Gasteiger partial charge in [-0.2, -0.15) is 0 Å². The Morgan fingerprint density at radius 3 is 2.12 bits per heavy atom. The van der Waals surface area contributed by atoms with E-state index in [9.17, 15) is 4.79 Å². The van der Waals surface area contributed by atoms with Gasteiger partial charge < -0.3 is 10.2 Å². The number of aliphatic hydroxyl groups excluding tert-OH is 1. The Labute approximate surface area is 67.9 Å². The predicted octanol–water partition coefficient (Wildman–Crippen LogP) is -1.07. The summed E-state index contributed by atoms with van der Waals surface area (Å²) in [6.45, 7) is 1.44. The predicted molar refractivity (Wildman–Crippen MR) is 32.5 cm³/mol. The van der Waals surface area contributed by atoms with Gasteiger partial charge >= 0.3 is 33.3 Å². The third-order valence-electron chi connectivity index (χ3n) is 0.470. The van der Waals surface area contributed by atoms with Crippen molar-refractivity contribution in [1.82, 2.24) is 0 Å². The topological polar surface area (TPSA) is 57.5 Å². The fourth-order valence-corrected chi connectivity index (χ4v) is 0.253. The van der Waals surface area contributed by atoms with Crippen molar-refractivity contribution in [2.75, 3.05) is 0 Å². The van der Waals surface area contributed by atoms with Gasteiger partial charge in [-0.3, -0.25) is 4.79 Å². The monoisotopic (exact) mass is 314 g/mol. The Balaban J connectivity index is 0. The van der Waals surface area contributed by atoms with Gasteiger partial charge in [-0.25, -0.2) is 0 Å². The van der Waals surface area contributed by atoms with Crippen LogP contribution in [-0.2, 0) is 4.79 Å². The third kappa shape index (κ3) is 9.61. The number of carbonyl (C=O) groups is 1. The SMILES string of the molecule is CC(O)CC(=O)O.[PbH2]. The first-order valence-electron chi connectivity index (χ1n) is 2.03. The zero-order chi connectivity index (χ0) is 5.86.